The molecule has 6 heteroatoms. The second-order valence-electron chi connectivity index (χ2n) is 2.39. The standard InChI is InChI=1S/C8H5F3O2S/c9-8(10,11)5-1-3-6(4-2-5)14-7(12)13/h1-4H,(H,12,13). The van der Waals surface area contributed by atoms with Gasteiger partial charge < -0.3 is 5.11 Å². The van der Waals surface area contributed by atoms with Crippen LogP contribution < -0.4 is 0 Å². The number of hydrogen-bond donors (Lipinski definition) is 1. The van der Waals surface area contributed by atoms with Gasteiger partial charge in [0.05, 0.1) is 5.56 Å². The van der Waals surface area contributed by atoms with Crippen LogP contribution in [-0.4, -0.2) is 10.4 Å². The summed E-state index contributed by atoms with van der Waals surface area (Å²) in [6, 6.07) is 3.96. The molecule has 1 aromatic carbocycles. The largest absolute Gasteiger partial charge is 0.473 e. The quantitative estimate of drug-likeness (QED) is 0.739. The van der Waals surface area contributed by atoms with Crippen molar-refractivity contribution >= 4 is 17.1 Å². The predicted octanol–water partition coefficient (Wildman–Crippen LogP) is 3.48. The number of hydrogen-bond acceptors (Lipinski definition) is 2. The van der Waals surface area contributed by atoms with Gasteiger partial charge in [-0.1, -0.05) is 0 Å². The molecule has 0 atom stereocenters. The molecule has 0 unspecified atom stereocenters. The Labute approximate surface area is 81.7 Å². The Morgan fingerprint density at radius 2 is 1.71 bits per heavy atom. The molecule has 1 aromatic rings. The Morgan fingerprint density at radius 3 is 2.07 bits per heavy atom. The third kappa shape index (κ3) is 2.95. The lowest BCUT2D eigenvalue weighted by Crippen LogP contribution is -2.03. The van der Waals surface area contributed by atoms with Crippen molar-refractivity contribution in [2.75, 3.05) is 0 Å². The van der Waals surface area contributed by atoms with E-state index in [1.165, 1.54) is 0 Å². The minimum Gasteiger partial charge on any atom is -0.473 e. The van der Waals surface area contributed by atoms with Crippen molar-refractivity contribution in [3.8, 4) is 0 Å². The Bertz CT molecular complexity index is 331. The first-order valence-corrected chi connectivity index (χ1v) is 4.29. The Balaban J connectivity index is 2.84. The van der Waals surface area contributed by atoms with Crippen LogP contribution in [0, 0.1) is 0 Å². The van der Waals surface area contributed by atoms with Crippen LogP contribution in [0.1, 0.15) is 5.56 Å². The van der Waals surface area contributed by atoms with E-state index in [-0.39, 0.29) is 4.90 Å². The van der Waals surface area contributed by atoms with Gasteiger partial charge in [-0.3, -0.25) is 0 Å². The molecule has 1 rings (SSSR count). The second kappa shape index (κ2) is 3.91. The molecule has 0 saturated carbocycles. The summed E-state index contributed by atoms with van der Waals surface area (Å²) in [6.45, 7) is 0. The van der Waals surface area contributed by atoms with Crippen molar-refractivity contribution in [3.63, 3.8) is 0 Å². The lowest BCUT2D eigenvalue weighted by atomic mass is 10.2. The van der Waals surface area contributed by atoms with Crippen molar-refractivity contribution < 1.29 is 23.1 Å². The highest BCUT2D eigenvalue weighted by molar-refractivity contribution is 8.13. The van der Waals surface area contributed by atoms with Gasteiger partial charge in [0.25, 0.3) is 0 Å². The molecule has 0 radical (unpaired) electrons. The van der Waals surface area contributed by atoms with Crippen LogP contribution >= 0.6 is 11.8 Å². The number of alkyl halides is 3. The first-order valence-electron chi connectivity index (χ1n) is 3.47. The van der Waals surface area contributed by atoms with Crippen molar-refractivity contribution in [2.45, 2.75) is 11.1 Å². The molecule has 0 spiro atoms. The highest BCUT2D eigenvalue weighted by Crippen LogP contribution is 2.30. The summed E-state index contributed by atoms with van der Waals surface area (Å²) in [5.41, 5.74) is -0.785. The average molecular weight is 222 g/mol. The molecule has 0 aliphatic rings. The molecule has 0 heterocycles. The second-order valence-corrected chi connectivity index (χ2v) is 3.41. The minimum absolute atomic E-state index is 0.269. The first kappa shape index (κ1) is 10.9. The highest BCUT2D eigenvalue weighted by Gasteiger charge is 2.29. The van der Waals surface area contributed by atoms with Crippen LogP contribution in [0.4, 0.5) is 18.0 Å². The van der Waals surface area contributed by atoms with E-state index < -0.39 is 17.0 Å². The van der Waals surface area contributed by atoms with Gasteiger partial charge in [-0.25, -0.2) is 4.79 Å². The van der Waals surface area contributed by atoms with Crippen molar-refractivity contribution in [1.29, 1.82) is 0 Å². The number of halogens is 3. The maximum Gasteiger partial charge on any atom is 0.416 e. The van der Waals surface area contributed by atoms with Crippen molar-refractivity contribution in [1.82, 2.24) is 0 Å². The maximum absolute atomic E-state index is 12.1. The third-order valence-electron chi connectivity index (χ3n) is 1.39. The van der Waals surface area contributed by atoms with E-state index in [1.807, 2.05) is 0 Å². The molecule has 0 aromatic heterocycles. The van der Waals surface area contributed by atoms with Crippen LogP contribution in [0.3, 0.4) is 0 Å². The Hall–Kier alpha value is -1.17. The number of benzene rings is 1. The highest BCUT2D eigenvalue weighted by atomic mass is 32.2. The molecule has 14 heavy (non-hydrogen) atoms. The molecule has 76 valence electrons. The molecular weight excluding hydrogens is 217 g/mol. The summed E-state index contributed by atoms with van der Waals surface area (Å²) in [4.78, 5) is 10.5. The zero-order valence-corrected chi connectivity index (χ0v) is 7.52. The number of thioether (sulfide) groups is 1. The van der Waals surface area contributed by atoms with Crippen LogP contribution in [-0.2, 0) is 6.18 Å². The number of carboxylic acid groups (broad SMARTS) is 1. The van der Waals surface area contributed by atoms with Gasteiger partial charge >= 0.3 is 11.5 Å². The molecule has 0 amide bonds. The summed E-state index contributed by atoms with van der Waals surface area (Å²) in [5.74, 6) is 0. The van der Waals surface area contributed by atoms with Gasteiger partial charge in [0.2, 0.25) is 0 Å². The fourth-order valence-corrected chi connectivity index (χ4v) is 1.29. The Morgan fingerprint density at radius 1 is 1.21 bits per heavy atom. The summed E-state index contributed by atoms with van der Waals surface area (Å²) in [5, 5.41) is 7.19. The van der Waals surface area contributed by atoms with Gasteiger partial charge in [0, 0.05) is 4.90 Å². The van der Waals surface area contributed by atoms with Crippen molar-refractivity contribution in [3.05, 3.63) is 29.8 Å². The summed E-state index contributed by atoms with van der Waals surface area (Å²) in [6.07, 6.45) is -4.38. The topological polar surface area (TPSA) is 37.3 Å². The Kier molecular flexibility index (Phi) is 3.05. The molecule has 1 N–H and O–H groups in total. The van der Waals surface area contributed by atoms with E-state index in [0.29, 0.717) is 11.8 Å². The zero-order valence-electron chi connectivity index (χ0n) is 6.71. The van der Waals surface area contributed by atoms with Gasteiger partial charge in [0.1, 0.15) is 0 Å². The van der Waals surface area contributed by atoms with Crippen LogP contribution in [0.2, 0.25) is 0 Å². The summed E-state index contributed by atoms with van der Waals surface area (Å²) in [7, 11) is 0. The van der Waals surface area contributed by atoms with Gasteiger partial charge in [-0.15, -0.1) is 0 Å². The fraction of sp³-hybridized carbons (Fsp3) is 0.125. The smallest absolute Gasteiger partial charge is 0.416 e. The van der Waals surface area contributed by atoms with E-state index >= 15 is 0 Å². The molecule has 0 saturated heterocycles. The van der Waals surface area contributed by atoms with E-state index in [2.05, 4.69) is 0 Å². The van der Waals surface area contributed by atoms with E-state index in [4.69, 9.17) is 5.11 Å². The molecule has 0 aliphatic heterocycles. The monoisotopic (exact) mass is 222 g/mol. The first-order chi connectivity index (χ1) is 6.39. The van der Waals surface area contributed by atoms with E-state index in [1.54, 1.807) is 0 Å². The zero-order chi connectivity index (χ0) is 10.8. The third-order valence-corrected chi connectivity index (χ3v) is 2.07. The van der Waals surface area contributed by atoms with Crippen LogP contribution in [0.25, 0.3) is 0 Å². The summed E-state index contributed by atoms with van der Waals surface area (Å²) >= 11 is 0.467. The molecule has 0 fully saturated rings. The number of rotatable bonds is 1. The molecule has 0 bridgehead atoms. The van der Waals surface area contributed by atoms with E-state index in [0.717, 1.165) is 24.3 Å². The molecule has 0 aliphatic carbocycles. The predicted molar refractivity (Wildman–Crippen MR) is 45.3 cm³/mol. The average Bonchev–Trinajstić information content (AvgIpc) is 2.02. The minimum atomic E-state index is -4.38. The van der Waals surface area contributed by atoms with Crippen molar-refractivity contribution in [2.24, 2.45) is 0 Å². The van der Waals surface area contributed by atoms with Gasteiger partial charge in [-0.2, -0.15) is 13.2 Å². The molecular formula is C8H5F3O2S. The lowest BCUT2D eigenvalue weighted by molar-refractivity contribution is -0.137. The van der Waals surface area contributed by atoms with Crippen LogP contribution in [0.15, 0.2) is 29.2 Å². The summed E-state index contributed by atoms with van der Waals surface area (Å²) < 4.78 is 36.2. The van der Waals surface area contributed by atoms with Gasteiger partial charge in [-0.05, 0) is 36.0 Å². The normalized spacial score (nSPS) is 11.4. The van der Waals surface area contributed by atoms with Crippen LogP contribution in [0.5, 0.6) is 0 Å². The number of carbonyl (C=O) groups is 1. The lowest BCUT2D eigenvalue weighted by Gasteiger charge is -2.05. The van der Waals surface area contributed by atoms with E-state index in [9.17, 15) is 18.0 Å². The molecule has 2 nitrogen and oxygen atoms in total. The van der Waals surface area contributed by atoms with Gasteiger partial charge in [0.15, 0.2) is 0 Å². The SMILES string of the molecule is O=C(O)Sc1ccc(C(F)(F)F)cc1. The maximum atomic E-state index is 12.1. The fourth-order valence-electron chi connectivity index (χ4n) is 0.813.